The predicted molar refractivity (Wildman–Crippen MR) is 97.9 cm³/mol. The highest BCUT2D eigenvalue weighted by Gasteiger charge is 2.14. The van der Waals surface area contributed by atoms with E-state index in [1.165, 1.54) is 17.4 Å². The summed E-state index contributed by atoms with van der Waals surface area (Å²) in [5, 5.41) is 1.23. The van der Waals surface area contributed by atoms with Crippen LogP contribution in [0.4, 0.5) is 5.13 Å². The molecular formula is C18H13N3O3S. The molecule has 25 heavy (non-hydrogen) atoms. The summed E-state index contributed by atoms with van der Waals surface area (Å²) in [6, 6.07) is 14.4. The van der Waals surface area contributed by atoms with Crippen molar-refractivity contribution in [3.05, 3.63) is 70.1 Å². The zero-order chi connectivity index (χ0) is 17.4. The summed E-state index contributed by atoms with van der Waals surface area (Å²) < 4.78 is 6.19. The van der Waals surface area contributed by atoms with Crippen molar-refractivity contribution in [3.8, 4) is 0 Å². The molecule has 0 aliphatic heterocycles. The standard InChI is InChI=1S/C18H13N3O3S/c1-10-5-4-8-14-15(10)19-18(25-14)21-20-16(22)12-9-11-6-2-3-7-13(11)24-17(12)23/h2-9H,1H3,(H,19,21)(H,20,22). The number of hydrazine groups is 1. The number of amides is 1. The number of hydrogen-bond donors (Lipinski definition) is 2. The third-order valence-corrected chi connectivity index (χ3v) is 4.73. The van der Waals surface area contributed by atoms with E-state index >= 15 is 0 Å². The van der Waals surface area contributed by atoms with Gasteiger partial charge in [0.25, 0.3) is 5.91 Å². The Labute approximate surface area is 146 Å². The zero-order valence-electron chi connectivity index (χ0n) is 13.2. The van der Waals surface area contributed by atoms with Crippen LogP contribution in [0.25, 0.3) is 21.2 Å². The molecule has 0 spiro atoms. The smallest absolute Gasteiger partial charge is 0.349 e. The number of rotatable bonds is 3. The molecule has 0 aliphatic rings. The highest BCUT2D eigenvalue weighted by atomic mass is 32.1. The molecule has 0 bridgehead atoms. The average molecular weight is 351 g/mol. The van der Waals surface area contributed by atoms with Gasteiger partial charge >= 0.3 is 5.63 Å². The molecule has 1 amide bonds. The van der Waals surface area contributed by atoms with E-state index < -0.39 is 11.5 Å². The normalized spacial score (nSPS) is 10.9. The molecule has 2 heterocycles. The number of nitrogens with one attached hydrogen (secondary N) is 2. The van der Waals surface area contributed by atoms with E-state index in [2.05, 4.69) is 15.8 Å². The molecule has 4 aromatic rings. The van der Waals surface area contributed by atoms with Crippen molar-refractivity contribution in [3.63, 3.8) is 0 Å². The van der Waals surface area contributed by atoms with E-state index in [-0.39, 0.29) is 5.56 Å². The number of benzene rings is 2. The lowest BCUT2D eigenvalue weighted by molar-refractivity contribution is 0.0959. The number of carbonyl (C=O) groups is 1. The van der Waals surface area contributed by atoms with Crippen LogP contribution >= 0.6 is 11.3 Å². The molecule has 0 saturated carbocycles. The number of para-hydroxylation sites is 2. The van der Waals surface area contributed by atoms with Gasteiger partial charge in [-0.3, -0.25) is 15.6 Å². The third kappa shape index (κ3) is 2.85. The Hall–Kier alpha value is -3.19. The van der Waals surface area contributed by atoms with Gasteiger partial charge in [0.05, 0.1) is 10.2 Å². The van der Waals surface area contributed by atoms with Crippen LogP contribution < -0.4 is 16.5 Å². The first-order valence-corrected chi connectivity index (χ1v) is 8.39. The van der Waals surface area contributed by atoms with Gasteiger partial charge in [-0.05, 0) is 30.7 Å². The first kappa shape index (κ1) is 15.3. The summed E-state index contributed by atoms with van der Waals surface area (Å²) in [6.45, 7) is 1.98. The van der Waals surface area contributed by atoms with Gasteiger partial charge in [0.1, 0.15) is 11.1 Å². The zero-order valence-corrected chi connectivity index (χ0v) is 14.0. The second-order valence-corrected chi connectivity index (χ2v) is 6.54. The van der Waals surface area contributed by atoms with Gasteiger partial charge in [-0.2, -0.15) is 0 Å². The quantitative estimate of drug-likeness (QED) is 0.436. The van der Waals surface area contributed by atoms with Crippen molar-refractivity contribution >= 4 is 43.6 Å². The first-order chi connectivity index (χ1) is 12.1. The Kier molecular flexibility index (Phi) is 3.70. The molecule has 2 N–H and O–H groups in total. The molecule has 6 nitrogen and oxygen atoms in total. The van der Waals surface area contributed by atoms with Gasteiger partial charge < -0.3 is 4.42 Å². The number of hydrogen-bond acceptors (Lipinski definition) is 6. The lowest BCUT2D eigenvalue weighted by Gasteiger charge is -2.05. The summed E-state index contributed by atoms with van der Waals surface area (Å²) in [7, 11) is 0. The van der Waals surface area contributed by atoms with Crippen LogP contribution in [0.5, 0.6) is 0 Å². The van der Waals surface area contributed by atoms with Crippen LogP contribution in [0.15, 0.2) is 57.7 Å². The van der Waals surface area contributed by atoms with Crippen LogP contribution in [-0.2, 0) is 0 Å². The van der Waals surface area contributed by atoms with Crippen LogP contribution in [0.3, 0.4) is 0 Å². The predicted octanol–water partition coefficient (Wildman–Crippen LogP) is 3.47. The Morgan fingerprint density at radius 3 is 2.84 bits per heavy atom. The van der Waals surface area contributed by atoms with Gasteiger partial charge in [0, 0.05) is 5.39 Å². The van der Waals surface area contributed by atoms with Crippen LogP contribution in [0.2, 0.25) is 0 Å². The molecule has 0 aliphatic carbocycles. The number of fused-ring (bicyclic) bond motifs is 2. The topological polar surface area (TPSA) is 84.2 Å². The monoisotopic (exact) mass is 351 g/mol. The fourth-order valence-electron chi connectivity index (χ4n) is 2.54. The molecule has 0 radical (unpaired) electrons. The minimum atomic E-state index is -0.682. The van der Waals surface area contributed by atoms with E-state index in [4.69, 9.17) is 4.42 Å². The molecule has 2 aromatic heterocycles. The number of carbonyl (C=O) groups excluding carboxylic acids is 1. The molecule has 4 rings (SSSR count). The minimum absolute atomic E-state index is 0.0662. The summed E-state index contributed by atoms with van der Waals surface area (Å²) in [4.78, 5) is 28.8. The number of nitrogens with zero attached hydrogens (tertiary/aromatic N) is 1. The van der Waals surface area contributed by atoms with Gasteiger partial charge in [-0.15, -0.1) is 0 Å². The van der Waals surface area contributed by atoms with Crippen molar-refractivity contribution in [2.45, 2.75) is 6.92 Å². The van der Waals surface area contributed by atoms with Gasteiger partial charge in [0.2, 0.25) is 5.13 Å². The second kappa shape index (κ2) is 6.03. The Morgan fingerprint density at radius 1 is 1.16 bits per heavy atom. The van der Waals surface area contributed by atoms with Crippen molar-refractivity contribution in [2.75, 3.05) is 5.43 Å². The summed E-state index contributed by atoms with van der Waals surface area (Å²) in [5.74, 6) is -0.574. The maximum absolute atomic E-state index is 12.3. The van der Waals surface area contributed by atoms with Crippen molar-refractivity contribution in [1.29, 1.82) is 0 Å². The van der Waals surface area contributed by atoms with Crippen LogP contribution in [0, 0.1) is 6.92 Å². The fraction of sp³-hybridized carbons (Fsp3) is 0.0556. The fourth-order valence-corrected chi connectivity index (χ4v) is 3.43. The van der Waals surface area contributed by atoms with Gasteiger partial charge in [-0.25, -0.2) is 9.78 Å². The molecular weight excluding hydrogens is 338 g/mol. The number of anilines is 1. The molecule has 0 fully saturated rings. The van der Waals surface area contributed by atoms with Gasteiger partial charge in [0.15, 0.2) is 0 Å². The summed E-state index contributed by atoms with van der Waals surface area (Å²) in [6.07, 6.45) is 0. The Balaban J connectivity index is 1.58. The van der Waals surface area contributed by atoms with Crippen molar-refractivity contribution in [2.24, 2.45) is 0 Å². The highest BCUT2D eigenvalue weighted by Crippen LogP contribution is 2.27. The van der Waals surface area contributed by atoms with Crippen LogP contribution in [-0.4, -0.2) is 10.9 Å². The Bertz CT molecular complexity index is 1160. The maximum atomic E-state index is 12.3. The summed E-state index contributed by atoms with van der Waals surface area (Å²) in [5.41, 5.74) is 6.90. The van der Waals surface area contributed by atoms with Crippen molar-refractivity contribution < 1.29 is 9.21 Å². The number of thiazole rings is 1. The molecule has 0 atom stereocenters. The van der Waals surface area contributed by atoms with Gasteiger partial charge in [-0.1, -0.05) is 41.7 Å². The third-order valence-electron chi connectivity index (χ3n) is 3.79. The van der Waals surface area contributed by atoms with E-state index in [1.807, 2.05) is 31.2 Å². The highest BCUT2D eigenvalue weighted by molar-refractivity contribution is 7.22. The minimum Gasteiger partial charge on any atom is -0.422 e. The van der Waals surface area contributed by atoms with Crippen LogP contribution in [0.1, 0.15) is 15.9 Å². The lowest BCUT2D eigenvalue weighted by Crippen LogP contribution is -2.32. The lowest BCUT2D eigenvalue weighted by atomic mass is 10.2. The van der Waals surface area contributed by atoms with E-state index in [9.17, 15) is 9.59 Å². The maximum Gasteiger partial charge on any atom is 0.349 e. The van der Waals surface area contributed by atoms with E-state index in [0.29, 0.717) is 16.1 Å². The van der Waals surface area contributed by atoms with Crippen molar-refractivity contribution in [1.82, 2.24) is 10.4 Å². The first-order valence-electron chi connectivity index (χ1n) is 7.57. The number of aryl methyl sites for hydroxylation is 1. The molecule has 0 saturated heterocycles. The van der Waals surface area contributed by atoms with E-state index in [0.717, 1.165) is 15.8 Å². The average Bonchev–Trinajstić information content (AvgIpc) is 3.03. The molecule has 2 aromatic carbocycles. The molecule has 0 unspecified atom stereocenters. The second-order valence-electron chi connectivity index (χ2n) is 5.51. The van der Waals surface area contributed by atoms with E-state index in [1.54, 1.807) is 18.2 Å². The molecule has 7 heteroatoms. The largest absolute Gasteiger partial charge is 0.422 e. The summed E-state index contributed by atoms with van der Waals surface area (Å²) >= 11 is 1.42. The Morgan fingerprint density at radius 2 is 2.00 bits per heavy atom. The molecule has 124 valence electrons. The SMILES string of the molecule is Cc1cccc2sc(NNC(=O)c3cc4ccccc4oc3=O)nc12. The number of aromatic nitrogens is 1.